The summed E-state index contributed by atoms with van der Waals surface area (Å²) in [5.74, 6) is 0.137. The number of benzene rings is 2. The summed E-state index contributed by atoms with van der Waals surface area (Å²) in [5, 5.41) is 0. The van der Waals surface area contributed by atoms with Gasteiger partial charge in [0.25, 0.3) is 0 Å². The molecule has 0 aliphatic carbocycles. The maximum Gasteiger partial charge on any atom is 0.241 e. The Balaban J connectivity index is 1.51. The summed E-state index contributed by atoms with van der Waals surface area (Å²) >= 11 is 0. The minimum atomic E-state index is -3.85. The second kappa shape index (κ2) is 6.82. The molecule has 1 amide bonds. The van der Waals surface area contributed by atoms with Gasteiger partial charge in [0.1, 0.15) is 19.0 Å². The number of sulfonamides is 1. The van der Waals surface area contributed by atoms with Gasteiger partial charge in [-0.25, -0.2) is 17.5 Å². The Labute approximate surface area is 155 Å². The lowest BCUT2D eigenvalue weighted by Crippen LogP contribution is -2.37. The molecule has 0 saturated carbocycles. The van der Waals surface area contributed by atoms with E-state index in [4.69, 9.17) is 9.47 Å². The number of fused-ring (bicyclic) bond motifs is 1. The molecule has 2 heterocycles. The van der Waals surface area contributed by atoms with Crippen LogP contribution < -0.4 is 19.1 Å². The van der Waals surface area contributed by atoms with E-state index >= 15 is 0 Å². The monoisotopic (exact) mass is 392 g/mol. The number of rotatable bonds is 4. The first kappa shape index (κ1) is 17.7. The Bertz CT molecular complexity index is 995. The van der Waals surface area contributed by atoms with Crippen molar-refractivity contribution in [2.45, 2.75) is 17.4 Å². The van der Waals surface area contributed by atoms with E-state index in [1.165, 1.54) is 35.2 Å². The van der Waals surface area contributed by atoms with Crippen molar-refractivity contribution in [2.24, 2.45) is 0 Å². The van der Waals surface area contributed by atoms with Gasteiger partial charge in [-0.3, -0.25) is 4.79 Å². The minimum absolute atomic E-state index is 0.000293. The highest BCUT2D eigenvalue weighted by atomic mass is 32.2. The van der Waals surface area contributed by atoms with Crippen LogP contribution in [0, 0.1) is 5.82 Å². The third-order valence-electron chi connectivity index (χ3n) is 4.39. The van der Waals surface area contributed by atoms with E-state index in [2.05, 4.69) is 4.72 Å². The first-order chi connectivity index (χ1) is 12.9. The van der Waals surface area contributed by atoms with E-state index in [1.54, 1.807) is 12.1 Å². The molecule has 0 aromatic heterocycles. The molecule has 2 aliphatic rings. The van der Waals surface area contributed by atoms with Crippen molar-refractivity contribution in [3.8, 4) is 11.5 Å². The quantitative estimate of drug-likeness (QED) is 0.856. The van der Waals surface area contributed by atoms with E-state index < -0.39 is 21.9 Å². The van der Waals surface area contributed by atoms with Crippen LogP contribution in [0.4, 0.5) is 10.1 Å². The summed E-state index contributed by atoms with van der Waals surface area (Å²) in [7, 11) is -3.85. The number of carbonyl (C=O) groups is 1. The van der Waals surface area contributed by atoms with Crippen molar-refractivity contribution in [1.82, 2.24) is 4.72 Å². The summed E-state index contributed by atoms with van der Waals surface area (Å²) in [6.07, 6.45) is 0.000293. The van der Waals surface area contributed by atoms with E-state index in [0.29, 0.717) is 30.4 Å². The molecule has 1 fully saturated rings. The van der Waals surface area contributed by atoms with E-state index in [0.717, 1.165) is 0 Å². The molecule has 2 aromatic rings. The number of carbonyl (C=O) groups excluding carboxylic acids is 1. The predicted molar refractivity (Wildman–Crippen MR) is 94.9 cm³/mol. The zero-order chi connectivity index (χ0) is 19.0. The molecule has 9 heteroatoms. The van der Waals surface area contributed by atoms with Crippen molar-refractivity contribution in [3.63, 3.8) is 0 Å². The van der Waals surface area contributed by atoms with Gasteiger partial charge in [0.2, 0.25) is 15.9 Å². The summed E-state index contributed by atoms with van der Waals surface area (Å²) in [6, 6.07) is 9.40. The van der Waals surface area contributed by atoms with E-state index in [1.807, 2.05) is 0 Å². The Kier molecular flexibility index (Phi) is 4.48. The van der Waals surface area contributed by atoms with Crippen molar-refractivity contribution in [1.29, 1.82) is 0 Å². The highest BCUT2D eigenvalue weighted by molar-refractivity contribution is 7.89. The molecular weight excluding hydrogens is 375 g/mol. The summed E-state index contributed by atoms with van der Waals surface area (Å²) < 4.78 is 52.1. The number of hydrogen-bond acceptors (Lipinski definition) is 5. The second-order valence-corrected chi connectivity index (χ2v) is 8.03. The zero-order valence-corrected chi connectivity index (χ0v) is 15.0. The van der Waals surface area contributed by atoms with Crippen LogP contribution in [0.1, 0.15) is 6.42 Å². The van der Waals surface area contributed by atoms with Gasteiger partial charge < -0.3 is 14.4 Å². The Morgan fingerprint density at radius 3 is 2.63 bits per heavy atom. The van der Waals surface area contributed by atoms with Gasteiger partial charge in [-0.15, -0.1) is 0 Å². The van der Waals surface area contributed by atoms with Crippen LogP contribution in [-0.4, -0.2) is 40.1 Å². The zero-order valence-electron chi connectivity index (χ0n) is 14.2. The molecular formula is C18H17FN2O5S. The summed E-state index contributed by atoms with van der Waals surface area (Å²) in [4.78, 5) is 13.6. The van der Waals surface area contributed by atoms with Gasteiger partial charge in [-0.2, -0.15) is 0 Å². The normalized spacial score (nSPS) is 19.4. The lowest BCUT2D eigenvalue weighted by molar-refractivity contribution is -0.117. The molecule has 0 spiro atoms. The number of halogens is 1. The third-order valence-corrected chi connectivity index (χ3v) is 5.91. The van der Waals surface area contributed by atoms with Crippen molar-refractivity contribution < 1.29 is 27.1 Å². The van der Waals surface area contributed by atoms with Gasteiger partial charge in [0, 0.05) is 30.8 Å². The molecule has 2 aromatic carbocycles. The maximum absolute atomic E-state index is 13.4. The van der Waals surface area contributed by atoms with Crippen LogP contribution in [0.3, 0.4) is 0 Å². The fourth-order valence-corrected chi connectivity index (χ4v) is 4.40. The second-order valence-electron chi connectivity index (χ2n) is 6.31. The first-order valence-electron chi connectivity index (χ1n) is 8.40. The molecule has 1 saturated heterocycles. The topological polar surface area (TPSA) is 84.9 Å². The smallest absolute Gasteiger partial charge is 0.241 e. The van der Waals surface area contributed by atoms with Gasteiger partial charge in [-0.1, -0.05) is 6.07 Å². The Morgan fingerprint density at radius 2 is 1.85 bits per heavy atom. The SMILES string of the molecule is O=C1CC(NS(=O)(=O)c2ccc3c(c2)OCCO3)CN1c1cccc(F)c1. The minimum Gasteiger partial charge on any atom is -0.486 e. The number of amides is 1. The van der Waals surface area contributed by atoms with Crippen LogP contribution in [0.2, 0.25) is 0 Å². The molecule has 0 bridgehead atoms. The van der Waals surface area contributed by atoms with Crippen molar-refractivity contribution in [3.05, 3.63) is 48.3 Å². The summed E-state index contributed by atoms with van der Waals surface area (Å²) in [5.41, 5.74) is 0.404. The summed E-state index contributed by atoms with van der Waals surface area (Å²) in [6.45, 7) is 0.896. The van der Waals surface area contributed by atoms with Crippen molar-refractivity contribution in [2.75, 3.05) is 24.7 Å². The Morgan fingerprint density at radius 1 is 1.07 bits per heavy atom. The molecule has 7 nitrogen and oxygen atoms in total. The molecule has 0 radical (unpaired) electrons. The van der Waals surface area contributed by atoms with Crippen LogP contribution in [0.25, 0.3) is 0 Å². The Hall–Kier alpha value is -2.65. The number of hydrogen-bond donors (Lipinski definition) is 1. The average molecular weight is 392 g/mol. The molecule has 2 aliphatic heterocycles. The number of anilines is 1. The van der Waals surface area contributed by atoms with Gasteiger partial charge in [0.05, 0.1) is 4.90 Å². The maximum atomic E-state index is 13.4. The van der Waals surface area contributed by atoms with Crippen LogP contribution in [0.5, 0.6) is 11.5 Å². The van der Waals surface area contributed by atoms with Gasteiger partial charge >= 0.3 is 0 Å². The van der Waals surface area contributed by atoms with Crippen LogP contribution in [-0.2, 0) is 14.8 Å². The predicted octanol–water partition coefficient (Wildman–Crippen LogP) is 1.68. The molecule has 1 N–H and O–H groups in total. The molecule has 27 heavy (non-hydrogen) atoms. The molecule has 1 atom stereocenters. The molecule has 142 valence electrons. The molecule has 4 rings (SSSR count). The fourth-order valence-electron chi connectivity index (χ4n) is 3.16. The van der Waals surface area contributed by atoms with Gasteiger partial charge in [0.15, 0.2) is 11.5 Å². The molecule has 1 unspecified atom stereocenters. The van der Waals surface area contributed by atoms with Crippen LogP contribution in [0.15, 0.2) is 47.4 Å². The average Bonchev–Trinajstić information content (AvgIpc) is 3.00. The fraction of sp³-hybridized carbons (Fsp3) is 0.278. The standard InChI is InChI=1S/C18H17FN2O5S/c19-12-2-1-3-14(8-12)21-11-13(9-18(21)22)20-27(23,24)15-4-5-16-17(10-15)26-7-6-25-16/h1-5,8,10,13,20H,6-7,9,11H2. The third kappa shape index (κ3) is 3.60. The number of nitrogens with zero attached hydrogens (tertiary/aromatic N) is 1. The van der Waals surface area contributed by atoms with Gasteiger partial charge in [-0.05, 0) is 30.3 Å². The van der Waals surface area contributed by atoms with E-state index in [9.17, 15) is 17.6 Å². The van der Waals surface area contributed by atoms with Crippen LogP contribution >= 0.6 is 0 Å². The number of ether oxygens (including phenoxy) is 2. The largest absolute Gasteiger partial charge is 0.486 e. The van der Waals surface area contributed by atoms with E-state index in [-0.39, 0.29) is 23.8 Å². The lowest BCUT2D eigenvalue weighted by atomic mass is 10.3. The lowest BCUT2D eigenvalue weighted by Gasteiger charge is -2.20. The highest BCUT2D eigenvalue weighted by Gasteiger charge is 2.34. The first-order valence-corrected chi connectivity index (χ1v) is 9.89. The highest BCUT2D eigenvalue weighted by Crippen LogP contribution is 2.32. The number of nitrogens with one attached hydrogen (secondary N) is 1. The van der Waals surface area contributed by atoms with Crippen molar-refractivity contribution >= 4 is 21.6 Å².